The molecule has 132 valence electrons. The number of fused-ring (bicyclic) bond motifs is 1. The van der Waals surface area contributed by atoms with Crippen LogP contribution in [0.25, 0.3) is 0 Å². The van der Waals surface area contributed by atoms with E-state index in [1.54, 1.807) is 0 Å². The molecule has 2 saturated heterocycles. The van der Waals surface area contributed by atoms with Crippen LogP contribution in [-0.2, 0) is 4.74 Å². The van der Waals surface area contributed by atoms with Gasteiger partial charge in [-0.1, -0.05) is 43.2 Å². The van der Waals surface area contributed by atoms with Crippen LogP contribution in [0.1, 0.15) is 57.9 Å². The second-order valence-corrected chi connectivity index (χ2v) is 8.05. The number of hydrogen-bond acceptors (Lipinski definition) is 3. The summed E-state index contributed by atoms with van der Waals surface area (Å²) < 4.78 is 5.69. The van der Waals surface area contributed by atoms with E-state index in [0.29, 0.717) is 12.0 Å². The lowest BCUT2D eigenvalue weighted by molar-refractivity contribution is 0.0203. The van der Waals surface area contributed by atoms with Gasteiger partial charge in [-0.2, -0.15) is 0 Å². The van der Waals surface area contributed by atoms with Crippen LogP contribution in [-0.4, -0.2) is 41.8 Å². The van der Waals surface area contributed by atoms with Crippen LogP contribution in [0.3, 0.4) is 0 Å². The summed E-state index contributed by atoms with van der Waals surface area (Å²) in [5, 5.41) is 3.73. The van der Waals surface area contributed by atoms with Crippen molar-refractivity contribution in [3.8, 4) is 0 Å². The number of ether oxygens (including phenoxy) is 1. The van der Waals surface area contributed by atoms with E-state index in [1.165, 1.54) is 24.8 Å². The normalized spacial score (nSPS) is 28.0. The minimum atomic E-state index is -0.452. The Hall–Kier alpha value is -1.55. The van der Waals surface area contributed by atoms with Crippen molar-refractivity contribution in [3.63, 3.8) is 0 Å². The van der Waals surface area contributed by atoms with E-state index < -0.39 is 5.60 Å². The molecule has 0 spiro atoms. The smallest absolute Gasteiger partial charge is 0.410 e. The molecule has 2 fully saturated rings. The Bertz CT molecular complexity index is 553. The van der Waals surface area contributed by atoms with E-state index in [9.17, 15) is 4.79 Å². The summed E-state index contributed by atoms with van der Waals surface area (Å²) in [5.41, 5.74) is 0.860. The molecule has 0 bridgehead atoms. The molecule has 3 atom stereocenters. The number of carbonyl (C=O) groups excluding carboxylic acids is 1. The van der Waals surface area contributed by atoms with Gasteiger partial charge in [-0.05, 0) is 45.7 Å². The number of carbonyl (C=O) groups is 1. The molecule has 0 radical (unpaired) electrons. The van der Waals surface area contributed by atoms with Crippen LogP contribution in [0, 0.1) is 0 Å². The molecule has 24 heavy (non-hydrogen) atoms. The third-order valence-corrected chi connectivity index (χ3v) is 5.05. The lowest BCUT2D eigenvalue weighted by atomic mass is 9.88. The average molecular weight is 330 g/mol. The van der Waals surface area contributed by atoms with Gasteiger partial charge in [-0.15, -0.1) is 0 Å². The summed E-state index contributed by atoms with van der Waals surface area (Å²) in [4.78, 5) is 14.7. The zero-order valence-electron chi connectivity index (χ0n) is 15.1. The lowest BCUT2D eigenvalue weighted by Gasteiger charge is -2.32. The first-order chi connectivity index (χ1) is 11.5. The van der Waals surface area contributed by atoms with E-state index in [-0.39, 0.29) is 12.1 Å². The number of amides is 1. The molecule has 0 aliphatic carbocycles. The van der Waals surface area contributed by atoms with Gasteiger partial charge in [-0.3, -0.25) is 0 Å². The van der Waals surface area contributed by atoms with Crippen LogP contribution in [0.4, 0.5) is 4.79 Å². The molecule has 2 heterocycles. The van der Waals surface area contributed by atoms with Crippen molar-refractivity contribution in [1.82, 2.24) is 10.2 Å². The van der Waals surface area contributed by atoms with Gasteiger partial charge in [0.2, 0.25) is 0 Å². The number of rotatable bonds is 1. The summed E-state index contributed by atoms with van der Waals surface area (Å²) in [5.74, 6) is 0.335. The van der Waals surface area contributed by atoms with Crippen LogP contribution >= 0.6 is 0 Å². The van der Waals surface area contributed by atoms with Crippen molar-refractivity contribution in [2.24, 2.45) is 0 Å². The maximum Gasteiger partial charge on any atom is 0.410 e. The molecule has 0 saturated carbocycles. The molecule has 1 N–H and O–H groups in total. The molecule has 4 nitrogen and oxygen atoms in total. The van der Waals surface area contributed by atoms with Crippen LogP contribution in [0.2, 0.25) is 0 Å². The maximum absolute atomic E-state index is 12.8. The predicted molar refractivity (Wildman–Crippen MR) is 96.2 cm³/mol. The lowest BCUT2D eigenvalue weighted by Crippen LogP contribution is -2.48. The fourth-order valence-corrected chi connectivity index (χ4v) is 4.00. The van der Waals surface area contributed by atoms with Crippen molar-refractivity contribution in [2.75, 3.05) is 13.1 Å². The van der Waals surface area contributed by atoms with Crippen LogP contribution in [0.5, 0.6) is 0 Å². The monoisotopic (exact) mass is 330 g/mol. The Morgan fingerprint density at radius 2 is 1.92 bits per heavy atom. The van der Waals surface area contributed by atoms with E-state index in [0.717, 1.165) is 19.5 Å². The molecule has 0 unspecified atom stereocenters. The summed E-state index contributed by atoms with van der Waals surface area (Å²) in [6.45, 7) is 7.57. The zero-order valence-corrected chi connectivity index (χ0v) is 15.1. The van der Waals surface area contributed by atoms with Crippen LogP contribution < -0.4 is 5.32 Å². The first kappa shape index (κ1) is 17.3. The fraction of sp³-hybridized carbons (Fsp3) is 0.650. The summed E-state index contributed by atoms with van der Waals surface area (Å²) in [6.07, 6.45) is 4.52. The average Bonchev–Trinajstić information content (AvgIpc) is 2.84. The topological polar surface area (TPSA) is 41.6 Å². The number of hydrogen-bond donors (Lipinski definition) is 1. The number of benzene rings is 1. The molecule has 1 aromatic carbocycles. The Kier molecular flexibility index (Phi) is 5.14. The van der Waals surface area contributed by atoms with Gasteiger partial charge in [0.05, 0.1) is 6.04 Å². The van der Waals surface area contributed by atoms with E-state index >= 15 is 0 Å². The molecule has 2 aliphatic heterocycles. The van der Waals surface area contributed by atoms with Crippen LogP contribution in [0.15, 0.2) is 30.3 Å². The van der Waals surface area contributed by atoms with Crippen molar-refractivity contribution in [2.45, 2.75) is 70.1 Å². The highest BCUT2D eigenvalue weighted by Gasteiger charge is 2.45. The van der Waals surface area contributed by atoms with Gasteiger partial charge in [-0.25, -0.2) is 4.79 Å². The summed E-state index contributed by atoms with van der Waals surface area (Å²) in [7, 11) is 0. The Morgan fingerprint density at radius 3 is 2.62 bits per heavy atom. The summed E-state index contributed by atoms with van der Waals surface area (Å²) in [6, 6.07) is 11.1. The molecule has 2 aliphatic rings. The van der Waals surface area contributed by atoms with Crippen molar-refractivity contribution < 1.29 is 9.53 Å². The minimum Gasteiger partial charge on any atom is -0.444 e. The predicted octanol–water partition coefficient (Wildman–Crippen LogP) is 3.92. The molecule has 1 amide bonds. The third kappa shape index (κ3) is 3.92. The number of likely N-dealkylation sites (tertiary alicyclic amines) is 1. The minimum absolute atomic E-state index is 0.168. The molecule has 0 aromatic heterocycles. The van der Waals surface area contributed by atoms with E-state index in [1.807, 2.05) is 31.7 Å². The van der Waals surface area contributed by atoms with Gasteiger partial charge < -0.3 is 15.0 Å². The second-order valence-electron chi connectivity index (χ2n) is 8.05. The summed E-state index contributed by atoms with van der Waals surface area (Å²) >= 11 is 0. The highest BCUT2D eigenvalue weighted by Crippen LogP contribution is 2.36. The third-order valence-electron chi connectivity index (χ3n) is 5.05. The quantitative estimate of drug-likeness (QED) is 0.848. The van der Waals surface area contributed by atoms with Crippen molar-refractivity contribution >= 4 is 6.09 Å². The largest absolute Gasteiger partial charge is 0.444 e. The second kappa shape index (κ2) is 7.14. The SMILES string of the molecule is CC(C)(C)OC(=O)N1C[C@@H](c2ccccc2)[C@@H]2NCCCCC[C@@H]21. The van der Waals surface area contributed by atoms with Gasteiger partial charge in [0.15, 0.2) is 0 Å². The maximum atomic E-state index is 12.8. The van der Waals surface area contributed by atoms with Crippen molar-refractivity contribution in [1.29, 1.82) is 0 Å². The first-order valence-corrected chi connectivity index (χ1v) is 9.24. The molecular weight excluding hydrogens is 300 g/mol. The number of nitrogens with zero attached hydrogens (tertiary/aromatic N) is 1. The highest BCUT2D eigenvalue weighted by molar-refractivity contribution is 5.69. The van der Waals surface area contributed by atoms with E-state index in [4.69, 9.17) is 4.74 Å². The highest BCUT2D eigenvalue weighted by atomic mass is 16.6. The molecular formula is C20H30N2O2. The van der Waals surface area contributed by atoms with Gasteiger partial charge in [0, 0.05) is 18.5 Å². The Labute approximate surface area is 145 Å². The fourth-order valence-electron chi connectivity index (χ4n) is 4.00. The van der Waals surface area contributed by atoms with Gasteiger partial charge >= 0.3 is 6.09 Å². The molecule has 1 aromatic rings. The zero-order chi connectivity index (χ0) is 17.2. The van der Waals surface area contributed by atoms with E-state index in [2.05, 4.69) is 29.6 Å². The molecule has 3 rings (SSSR count). The Morgan fingerprint density at radius 1 is 1.17 bits per heavy atom. The van der Waals surface area contributed by atoms with Gasteiger partial charge in [0.1, 0.15) is 5.60 Å². The van der Waals surface area contributed by atoms with Crippen molar-refractivity contribution in [3.05, 3.63) is 35.9 Å². The number of nitrogens with one attached hydrogen (secondary N) is 1. The first-order valence-electron chi connectivity index (χ1n) is 9.24. The van der Waals surface area contributed by atoms with Gasteiger partial charge in [0.25, 0.3) is 0 Å². The standard InChI is InChI=1S/C20H30N2O2/c1-20(2,3)24-19(23)22-14-16(15-10-6-4-7-11-15)18-17(22)12-8-5-9-13-21-18/h4,6-7,10-11,16-18,21H,5,8-9,12-14H2,1-3H3/t16-,17-,18-/m0/s1. The Balaban J connectivity index is 1.85. The molecule has 4 heteroatoms.